The van der Waals surface area contributed by atoms with Gasteiger partial charge in [-0.15, -0.1) is 0 Å². The van der Waals surface area contributed by atoms with E-state index in [1.807, 2.05) is 0 Å². The Kier molecular flexibility index (Phi) is 4.49. The molecule has 27 heavy (non-hydrogen) atoms. The molecule has 3 aromatic rings. The van der Waals surface area contributed by atoms with Crippen LogP contribution in [0.25, 0.3) is 0 Å². The molecule has 1 aliphatic rings. The molecule has 0 bridgehead atoms. The lowest BCUT2D eigenvalue weighted by atomic mass is 10.1. The summed E-state index contributed by atoms with van der Waals surface area (Å²) in [5.74, 6) is 1.26. The Morgan fingerprint density at radius 2 is 1.70 bits per heavy atom. The van der Waals surface area contributed by atoms with Crippen molar-refractivity contribution in [3.8, 4) is 11.5 Å². The third-order valence-electron chi connectivity index (χ3n) is 4.02. The van der Waals surface area contributed by atoms with E-state index in [-0.39, 0.29) is 25.2 Å². The van der Waals surface area contributed by atoms with E-state index in [2.05, 4.69) is 10.6 Å². The fourth-order valence-electron chi connectivity index (χ4n) is 2.66. The lowest BCUT2D eigenvalue weighted by Gasteiger charge is -2.08. The van der Waals surface area contributed by atoms with Gasteiger partial charge in [0, 0.05) is 22.9 Å². The van der Waals surface area contributed by atoms with Gasteiger partial charge in [-0.25, -0.2) is 0 Å². The number of amides is 2. The van der Waals surface area contributed by atoms with E-state index in [4.69, 9.17) is 13.9 Å². The topological polar surface area (TPSA) is 89.8 Å². The van der Waals surface area contributed by atoms with E-state index in [0.717, 1.165) is 0 Å². The van der Waals surface area contributed by atoms with Gasteiger partial charge < -0.3 is 24.5 Å². The number of fused-ring (bicyclic) bond motifs is 1. The number of benzene rings is 2. The zero-order valence-corrected chi connectivity index (χ0v) is 14.2. The molecular formula is C20H16N2O5. The highest BCUT2D eigenvalue weighted by atomic mass is 16.7. The smallest absolute Gasteiger partial charge is 0.255 e. The molecule has 1 aliphatic heterocycles. The van der Waals surface area contributed by atoms with Crippen LogP contribution in [0.2, 0.25) is 0 Å². The molecule has 2 N–H and O–H groups in total. The van der Waals surface area contributed by atoms with Crippen molar-refractivity contribution in [3.05, 3.63) is 77.7 Å². The molecule has 0 spiro atoms. The molecule has 7 heteroatoms. The molecule has 0 radical (unpaired) electrons. The average molecular weight is 364 g/mol. The highest BCUT2D eigenvalue weighted by Crippen LogP contribution is 2.34. The summed E-state index contributed by atoms with van der Waals surface area (Å²) in [6.45, 7) is 0.446. The van der Waals surface area contributed by atoms with Gasteiger partial charge in [0.15, 0.2) is 11.5 Å². The van der Waals surface area contributed by atoms with E-state index in [1.54, 1.807) is 60.9 Å². The number of anilines is 1. The molecule has 0 atom stereocenters. The normalized spacial score (nSPS) is 11.9. The molecule has 0 unspecified atom stereocenters. The van der Waals surface area contributed by atoms with Crippen LogP contribution in [0, 0.1) is 0 Å². The second kappa shape index (κ2) is 7.25. The van der Waals surface area contributed by atoms with Crippen LogP contribution in [0.4, 0.5) is 5.69 Å². The van der Waals surface area contributed by atoms with Crippen LogP contribution in [0.15, 0.2) is 65.3 Å². The predicted octanol–water partition coefficient (Wildman–Crippen LogP) is 3.19. The van der Waals surface area contributed by atoms with Crippen molar-refractivity contribution in [1.82, 2.24) is 5.32 Å². The first-order valence-electron chi connectivity index (χ1n) is 8.31. The van der Waals surface area contributed by atoms with Gasteiger partial charge in [-0.05, 0) is 42.5 Å². The van der Waals surface area contributed by atoms with Crippen molar-refractivity contribution in [2.45, 2.75) is 6.54 Å². The van der Waals surface area contributed by atoms with Gasteiger partial charge >= 0.3 is 0 Å². The van der Waals surface area contributed by atoms with E-state index in [9.17, 15) is 9.59 Å². The molecular weight excluding hydrogens is 348 g/mol. The molecule has 1 aromatic heterocycles. The molecule has 0 fully saturated rings. The van der Waals surface area contributed by atoms with Crippen LogP contribution in [-0.2, 0) is 6.54 Å². The maximum Gasteiger partial charge on any atom is 0.255 e. The summed E-state index contributed by atoms with van der Waals surface area (Å²) in [6.07, 6.45) is 1.54. The maximum absolute atomic E-state index is 12.5. The second-order valence-electron chi connectivity index (χ2n) is 5.87. The van der Waals surface area contributed by atoms with Crippen molar-refractivity contribution in [1.29, 1.82) is 0 Å². The van der Waals surface area contributed by atoms with Gasteiger partial charge in [-0.3, -0.25) is 9.59 Å². The van der Waals surface area contributed by atoms with Gasteiger partial charge in [-0.1, -0.05) is 6.07 Å². The summed E-state index contributed by atoms with van der Waals surface area (Å²) < 4.78 is 15.7. The lowest BCUT2D eigenvalue weighted by molar-refractivity contribution is 0.0948. The standard InChI is InChI=1S/C20H16N2O5/c23-19(21-11-16-5-2-8-25-16)13-3-1-4-14(9-13)20(24)22-15-6-7-17-18(10-15)27-12-26-17/h1-10H,11-12H2,(H,21,23)(H,22,24). The van der Waals surface area contributed by atoms with Gasteiger partial charge in [0.1, 0.15) is 5.76 Å². The first kappa shape index (κ1) is 16.7. The summed E-state index contributed by atoms with van der Waals surface area (Å²) in [4.78, 5) is 24.8. The first-order valence-corrected chi connectivity index (χ1v) is 8.31. The number of furan rings is 1. The number of carbonyl (C=O) groups excluding carboxylic acids is 2. The minimum Gasteiger partial charge on any atom is -0.467 e. The van der Waals surface area contributed by atoms with Crippen LogP contribution in [0.1, 0.15) is 26.5 Å². The van der Waals surface area contributed by atoms with Gasteiger partial charge in [0.25, 0.3) is 11.8 Å². The Morgan fingerprint density at radius 1 is 0.889 bits per heavy atom. The van der Waals surface area contributed by atoms with Gasteiger partial charge in [-0.2, -0.15) is 0 Å². The van der Waals surface area contributed by atoms with Crippen LogP contribution in [-0.4, -0.2) is 18.6 Å². The summed E-state index contributed by atoms with van der Waals surface area (Å²) >= 11 is 0. The number of hydrogen-bond donors (Lipinski definition) is 2. The van der Waals surface area contributed by atoms with Crippen LogP contribution in [0.3, 0.4) is 0 Å². The average Bonchev–Trinajstić information content (AvgIpc) is 3.37. The summed E-state index contributed by atoms with van der Waals surface area (Å²) in [5.41, 5.74) is 1.34. The molecule has 0 aliphatic carbocycles. The molecule has 2 aromatic carbocycles. The molecule has 2 amide bonds. The van der Waals surface area contributed by atoms with E-state index in [1.165, 1.54) is 0 Å². The van der Waals surface area contributed by atoms with Gasteiger partial charge in [0.2, 0.25) is 6.79 Å². The Labute approximate surface area is 154 Å². The second-order valence-corrected chi connectivity index (χ2v) is 5.87. The number of hydrogen-bond acceptors (Lipinski definition) is 5. The number of ether oxygens (including phenoxy) is 2. The summed E-state index contributed by atoms with van der Waals surface area (Å²) in [7, 11) is 0. The molecule has 136 valence electrons. The SMILES string of the molecule is O=C(NCc1ccco1)c1cccc(C(=O)Nc2ccc3c(c2)OCO3)c1. The Morgan fingerprint density at radius 3 is 2.52 bits per heavy atom. The van der Waals surface area contributed by atoms with Crippen LogP contribution in [0.5, 0.6) is 11.5 Å². The molecule has 4 rings (SSSR count). The highest BCUT2D eigenvalue weighted by molar-refractivity contribution is 6.06. The largest absolute Gasteiger partial charge is 0.467 e. The quantitative estimate of drug-likeness (QED) is 0.726. The third-order valence-corrected chi connectivity index (χ3v) is 4.02. The van der Waals surface area contributed by atoms with Crippen LogP contribution >= 0.6 is 0 Å². The zero-order valence-electron chi connectivity index (χ0n) is 14.2. The van der Waals surface area contributed by atoms with Crippen molar-refractivity contribution in [3.63, 3.8) is 0 Å². The molecule has 2 heterocycles. The molecule has 0 saturated heterocycles. The first-order chi connectivity index (χ1) is 13.2. The number of carbonyl (C=O) groups is 2. The lowest BCUT2D eigenvalue weighted by Crippen LogP contribution is -2.23. The van der Waals surface area contributed by atoms with E-state index < -0.39 is 0 Å². The minimum absolute atomic E-state index is 0.169. The van der Waals surface area contributed by atoms with Crippen molar-refractivity contribution < 1.29 is 23.5 Å². The minimum atomic E-state index is -0.324. The van der Waals surface area contributed by atoms with Crippen molar-refractivity contribution in [2.75, 3.05) is 12.1 Å². The predicted molar refractivity (Wildman–Crippen MR) is 96.8 cm³/mol. The third kappa shape index (κ3) is 3.77. The van der Waals surface area contributed by atoms with E-state index in [0.29, 0.717) is 34.1 Å². The fourth-order valence-corrected chi connectivity index (χ4v) is 2.66. The number of nitrogens with one attached hydrogen (secondary N) is 2. The zero-order chi connectivity index (χ0) is 18.6. The summed E-state index contributed by atoms with van der Waals surface area (Å²) in [5, 5.41) is 5.54. The molecule has 0 saturated carbocycles. The highest BCUT2D eigenvalue weighted by Gasteiger charge is 2.15. The maximum atomic E-state index is 12.5. The monoisotopic (exact) mass is 364 g/mol. The Balaban J connectivity index is 1.43. The van der Waals surface area contributed by atoms with Crippen LogP contribution < -0.4 is 20.1 Å². The summed E-state index contributed by atoms with van der Waals surface area (Å²) in [6, 6.07) is 15.2. The Hall–Kier alpha value is -3.74. The number of rotatable bonds is 5. The van der Waals surface area contributed by atoms with Gasteiger partial charge in [0.05, 0.1) is 12.8 Å². The van der Waals surface area contributed by atoms with E-state index >= 15 is 0 Å². The fraction of sp³-hybridized carbons (Fsp3) is 0.100. The Bertz CT molecular complexity index is 982. The molecule has 7 nitrogen and oxygen atoms in total. The van der Waals surface area contributed by atoms with Crippen molar-refractivity contribution in [2.24, 2.45) is 0 Å². The van der Waals surface area contributed by atoms with Crippen molar-refractivity contribution >= 4 is 17.5 Å².